The Kier molecular flexibility index (Phi) is 19.9. The molecule has 2 atom stereocenters. The minimum Gasteiger partial charge on any atom is -0.496 e. The summed E-state index contributed by atoms with van der Waals surface area (Å²) in [5.41, 5.74) is 19.1. The molecule has 0 amide bonds. The summed E-state index contributed by atoms with van der Waals surface area (Å²) in [5.74, 6) is 1.71. The monoisotopic (exact) mass is 812 g/mol. The molecule has 0 spiro atoms. The number of ether oxygens (including phenoxy) is 1. The van der Waals surface area contributed by atoms with Crippen LogP contribution < -0.4 is 10.5 Å². The molecular formula is C58H69NO2. The van der Waals surface area contributed by atoms with Crippen LogP contribution in [0.15, 0.2) is 181 Å². The first-order chi connectivity index (χ1) is 29.9. The molecule has 0 radical (unpaired) electrons. The van der Waals surface area contributed by atoms with Gasteiger partial charge in [-0.05, 0) is 90.6 Å². The molecule has 0 saturated carbocycles. The number of aryl methyl sites for hydroxylation is 1. The van der Waals surface area contributed by atoms with Crippen molar-refractivity contribution < 1.29 is 9.15 Å². The molecule has 1 aromatic heterocycles. The van der Waals surface area contributed by atoms with Crippen molar-refractivity contribution in [2.75, 3.05) is 7.11 Å². The fourth-order valence-electron chi connectivity index (χ4n) is 7.65. The minimum absolute atomic E-state index is 0.330. The lowest BCUT2D eigenvalue weighted by Crippen LogP contribution is -2.11. The average molecular weight is 812 g/mol. The van der Waals surface area contributed by atoms with Crippen molar-refractivity contribution in [3.63, 3.8) is 0 Å². The summed E-state index contributed by atoms with van der Waals surface area (Å²) in [4.78, 5) is 0. The van der Waals surface area contributed by atoms with Gasteiger partial charge in [0.25, 0.3) is 0 Å². The van der Waals surface area contributed by atoms with Crippen LogP contribution in [0.2, 0.25) is 0 Å². The Morgan fingerprint density at radius 2 is 1.49 bits per heavy atom. The Morgan fingerprint density at radius 3 is 2.21 bits per heavy atom. The van der Waals surface area contributed by atoms with E-state index < -0.39 is 0 Å². The first-order valence-corrected chi connectivity index (χ1v) is 22.5. The van der Waals surface area contributed by atoms with Gasteiger partial charge < -0.3 is 14.9 Å². The van der Waals surface area contributed by atoms with Crippen LogP contribution in [0.5, 0.6) is 5.75 Å². The zero-order valence-corrected chi connectivity index (χ0v) is 38.1. The molecule has 2 N–H and O–H groups in total. The smallest absolute Gasteiger partial charge is 0.135 e. The lowest BCUT2D eigenvalue weighted by molar-refractivity contribution is 0.416. The maximum Gasteiger partial charge on any atom is 0.135 e. The summed E-state index contributed by atoms with van der Waals surface area (Å²) in [6.45, 7) is 18.4. The fourth-order valence-corrected chi connectivity index (χ4v) is 7.65. The molecule has 3 heteroatoms. The highest BCUT2D eigenvalue weighted by Crippen LogP contribution is 2.35. The van der Waals surface area contributed by atoms with E-state index >= 15 is 0 Å². The highest BCUT2D eigenvalue weighted by Gasteiger charge is 2.15. The Bertz CT molecular complexity index is 2430. The molecule has 0 fully saturated rings. The van der Waals surface area contributed by atoms with E-state index in [1.165, 1.54) is 45.9 Å². The van der Waals surface area contributed by atoms with Crippen LogP contribution in [0.25, 0.3) is 44.2 Å². The van der Waals surface area contributed by atoms with Gasteiger partial charge in [-0.25, -0.2) is 0 Å². The van der Waals surface area contributed by atoms with Crippen molar-refractivity contribution >= 4 is 33.1 Å². The van der Waals surface area contributed by atoms with Crippen LogP contribution in [0.1, 0.15) is 109 Å². The van der Waals surface area contributed by atoms with Crippen LogP contribution in [-0.4, -0.2) is 7.11 Å². The molecule has 2 aliphatic carbocycles. The third-order valence-electron chi connectivity index (χ3n) is 10.6. The van der Waals surface area contributed by atoms with E-state index in [9.17, 15) is 0 Å². The summed E-state index contributed by atoms with van der Waals surface area (Å²) in [6.07, 6.45) is 24.4. The van der Waals surface area contributed by atoms with Gasteiger partial charge in [0, 0.05) is 33.9 Å². The normalized spacial score (nSPS) is 15.1. The van der Waals surface area contributed by atoms with E-state index in [2.05, 4.69) is 142 Å². The molecule has 0 saturated heterocycles. The molecule has 0 bridgehead atoms. The molecule has 61 heavy (non-hydrogen) atoms. The number of benzene rings is 5. The van der Waals surface area contributed by atoms with Gasteiger partial charge in [-0.1, -0.05) is 206 Å². The number of nitrogens with two attached hydrogens (primary N) is 1. The van der Waals surface area contributed by atoms with Gasteiger partial charge in [0.15, 0.2) is 0 Å². The van der Waals surface area contributed by atoms with E-state index in [4.69, 9.17) is 14.9 Å². The maximum absolute atomic E-state index is 6.21. The number of methoxy groups -OCH3 is 1. The lowest BCUT2D eigenvalue weighted by Gasteiger charge is -2.19. The number of fused-ring (bicyclic) bond motifs is 3. The Labute approximate surface area is 367 Å². The van der Waals surface area contributed by atoms with Crippen LogP contribution in [0.4, 0.5) is 0 Å². The van der Waals surface area contributed by atoms with Crippen LogP contribution >= 0.6 is 0 Å². The third-order valence-corrected chi connectivity index (χ3v) is 10.6. The number of allylic oxidation sites excluding steroid dienone is 10. The SMILES string of the molecule is C=C(C)c1ccccc1-c1ccccc1OC.CC.CC.CC/C=C(/N)C1C=C(c2cccc(C3C=CC=CC3)c2)C=CC1.CCCCc1cccc2oc3ccccc3c12. The minimum atomic E-state index is 0.330. The number of para-hydroxylation sites is 2. The van der Waals surface area contributed by atoms with Crippen LogP contribution in [-0.2, 0) is 6.42 Å². The molecule has 1 heterocycles. The van der Waals surface area contributed by atoms with Crippen molar-refractivity contribution in [1.82, 2.24) is 0 Å². The molecule has 2 unspecified atom stereocenters. The van der Waals surface area contributed by atoms with Crippen molar-refractivity contribution in [3.8, 4) is 16.9 Å². The molecule has 0 aliphatic heterocycles. The van der Waals surface area contributed by atoms with Gasteiger partial charge in [-0.15, -0.1) is 0 Å². The van der Waals surface area contributed by atoms with E-state index in [0.29, 0.717) is 11.8 Å². The third kappa shape index (κ3) is 13.0. The van der Waals surface area contributed by atoms with E-state index in [1.54, 1.807) is 7.11 Å². The fraction of sp³-hybridized carbons (Fsp3) is 0.276. The first kappa shape index (κ1) is 47.6. The number of hydrogen-bond donors (Lipinski definition) is 1. The predicted molar refractivity (Wildman–Crippen MR) is 268 cm³/mol. The highest BCUT2D eigenvalue weighted by molar-refractivity contribution is 6.06. The zero-order valence-electron chi connectivity index (χ0n) is 38.1. The van der Waals surface area contributed by atoms with Gasteiger partial charge in [0.2, 0.25) is 0 Å². The predicted octanol–water partition coefficient (Wildman–Crippen LogP) is 16.9. The van der Waals surface area contributed by atoms with Gasteiger partial charge in [-0.3, -0.25) is 0 Å². The summed E-state index contributed by atoms with van der Waals surface area (Å²) in [7, 11) is 1.70. The van der Waals surface area contributed by atoms with E-state index in [0.717, 1.165) is 70.6 Å². The molecule has 8 rings (SSSR count). The Hall–Kier alpha value is -6.06. The standard InChI is InChI=1S/C22H25N.2C16H16O.2C2H6/c1-2-8-22(23)21-14-7-13-20(16-21)19-12-6-11-18(15-19)17-9-4-3-5-10-17;1-2-3-7-12-8-6-11-15-16(12)13-9-4-5-10-14(13)17-15;1-12(2)13-8-4-5-9-14(13)15-10-6-7-11-16(15)17-3;2*1-2/h3-9,11-13,15-17,21H,2,10,14,23H2,1H3;4-6,8-11H,2-3,7H2,1H3;4-11H,1H2,2-3H3;2*1-2H3/b22-8+;;;;. The first-order valence-electron chi connectivity index (χ1n) is 22.5. The van der Waals surface area contributed by atoms with Gasteiger partial charge in [0.05, 0.1) is 7.11 Å². The van der Waals surface area contributed by atoms with E-state index in [1.807, 2.05) is 77.1 Å². The summed E-state index contributed by atoms with van der Waals surface area (Å²) in [6, 6.07) is 39.9. The molecule has 3 nitrogen and oxygen atoms in total. The molecule has 6 aromatic rings. The molecule has 318 valence electrons. The maximum atomic E-state index is 6.21. The second-order valence-electron chi connectivity index (χ2n) is 14.8. The van der Waals surface area contributed by atoms with E-state index in [-0.39, 0.29) is 0 Å². The van der Waals surface area contributed by atoms with Gasteiger partial charge >= 0.3 is 0 Å². The van der Waals surface area contributed by atoms with Crippen LogP contribution in [0, 0.1) is 5.92 Å². The van der Waals surface area contributed by atoms with Crippen molar-refractivity contribution in [2.24, 2.45) is 11.7 Å². The van der Waals surface area contributed by atoms with Crippen molar-refractivity contribution in [3.05, 3.63) is 198 Å². The molecule has 2 aliphatic rings. The van der Waals surface area contributed by atoms with Crippen molar-refractivity contribution in [2.45, 2.75) is 92.9 Å². The van der Waals surface area contributed by atoms with Crippen LogP contribution in [0.3, 0.4) is 0 Å². The second kappa shape index (κ2) is 25.5. The quantitative estimate of drug-likeness (QED) is 0.150. The average Bonchev–Trinajstić information content (AvgIpc) is 3.72. The molecule has 5 aromatic carbocycles. The number of unbranched alkanes of at least 4 members (excludes halogenated alkanes) is 1. The second-order valence-corrected chi connectivity index (χ2v) is 14.8. The number of furan rings is 1. The van der Waals surface area contributed by atoms with Crippen molar-refractivity contribution in [1.29, 1.82) is 0 Å². The number of hydrogen-bond acceptors (Lipinski definition) is 3. The lowest BCUT2D eigenvalue weighted by atomic mass is 9.87. The largest absolute Gasteiger partial charge is 0.496 e. The molecular weight excluding hydrogens is 743 g/mol. The summed E-state index contributed by atoms with van der Waals surface area (Å²) >= 11 is 0. The summed E-state index contributed by atoms with van der Waals surface area (Å²) in [5, 5.41) is 2.55. The summed E-state index contributed by atoms with van der Waals surface area (Å²) < 4.78 is 11.3. The van der Waals surface area contributed by atoms with Gasteiger partial charge in [0.1, 0.15) is 16.9 Å². The Morgan fingerprint density at radius 1 is 0.787 bits per heavy atom. The highest BCUT2D eigenvalue weighted by atomic mass is 16.5. The number of rotatable bonds is 10. The zero-order chi connectivity index (χ0) is 44.0. The van der Waals surface area contributed by atoms with Gasteiger partial charge in [-0.2, -0.15) is 0 Å². The Balaban J connectivity index is 0.000000196. The topological polar surface area (TPSA) is 48.4 Å².